The van der Waals surface area contributed by atoms with E-state index in [0.717, 1.165) is 6.54 Å². The monoisotopic (exact) mass is 227 g/mol. The van der Waals surface area contributed by atoms with E-state index in [1.54, 1.807) is 0 Å². The summed E-state index contributed by atoms with van der Waals surface area (Å²) in [5, 5.41) is 0. The first-order valence-electron chi connectivity index (χ1n) is 4.21. The summed E-state index contributed by atoms with van der Waals surface area (Å²) in [6.45, 7) is 3.29. The van der Waals surface area contributed by atoms with Crippen LogP contribution in [0.25, 0.3) is 0 Å². The van der Waals surface area contributed by atoms with Crippen molar-refractivity contribution in [2.75, 3.05) is 18.5 Å². The number of anilines is 1. The first-order chi connectivity index (χ1) is 5.75. The molecule has 1 rings (SSSR count). The first-order valence-corrected chi connectivity index (χ1v) is 5.00. The van der Waals surface area contributed by atoms with Gasteiger partial charge in [-0.2, -0.15) is 0 Å². The third-order valence-corrected chi connectivity index (χ3v) is 2.49. The van der Waals surface area contributed by atoms with Gasteiger partial charge in [-0.25, -0.2) is 0 Å². The normalized spacial score (nSPS) is 9.92. The number of para-hydroxylation sites is 1. The lowest BCUT2D eigenvalue weighted by Gasteiger charge is -2.19. The summed E-state index contributed by atoms with van der Waals surface area (Å²) in [5.74, 6) is 0. The van der Waals surface area contributed by atoms with Crippen LogP contribution in [0.2, 0.25) is 0 Å². The average molecular weight is 228 g/mol. The minimum absolute atomic E-state index is 1.10. The van der Waals surface area contributed by atoms with Crippen LogP contribution in [0.1, 0.15) is 13.3 Å². The fraction of sp³-hybridized carbons (Fsp3) is 0.400. The lowest BCUT2D eigenvalue weighted by molar-refractivity contribution is 0.850. The Morgan fingerprint density at radius 2 is 2.00 bits per heavy atom. The second-order valence-corrected chi connectivity index (χ2v) is 3.73. The maximum Gasteiger partial charge on any atom is 0.0508 e. The molecule has 1 aromatic rings. The Kier molecular flexibility index (Phi) is 3.60. The van der Waals surface area contributed by atoms with E-state index >= 15 is 0 Å². The van der Waals surface area contributed by atoms with E-state index in [1.807, 2.05) is 6.07 Å². The Hall–Kier alpha value is -0.500. The molecule has 0 aliphatic heterocycles. The van der Waals surface area contributed by atoms with Crippen molar-refractivity contribution in [2.24, 2.45) is 0 Å². The number of benzene rings is 1. The summed E-state index contributed by atoms with van der Waals surface area (Å²) in [6.07, 6.45) is 1.18. The van der Waals surface area contributed by atoms with Gasteiger partial charge in [-0.15, -0.1) is 0 Å². The van der Waals surface area contributed by atoms with Crippen LogP contribution in [-0.4, -0.2) is 13.6 Å². The molecule has 0 radical (unpaired) electrons. The van der Waals surface area contributed by atoms with Gasteiger partial charge in [0, 0.05) is 18.1 Å². The summed E-state index contributed by atoms with van der Waals surface area (Å²) in [7, 11) is 2.11. The summed E-state index contributed by atoms with van der Waals surface area (Å²) < 4.78 is 1.17. The zero-order chi connectivity index (χ0) is 8.97. The minimum Gasteiger partial charge on any atom is -0.374 e. The summed E-state index contributed by atoms with van der Waals surface area (Å²) in [4.78, 5) is 2.25. The highest BCUT2D eigenvalue weighted by Crippen LogP contribution is 2.24. The molecule has 0 spiro atoms. The number of halogens is 1. The highest BCUT2D eigenvalue weighted by atomic mass is 79.9. The van der Waals surface area contributed by atoms with E-state index in [4.69, 9.17) is 0 Å². The molecule has 0 aliphatic carbocycles. The van der Waals surface area contributed by atoms with Crippen LogP contribution in [0.15, 0.2) is 28.7 Å². The zero-order valence-corrected chi connectivity index (χ0v) is 9.13. The van der Waals surface area contributed by atoms with Gasteiger partial charge in [-0.1, -0.05) is 19.1 Å². The molecular formula is C10H14BrN. The van der Waals surface area contributed by atoms with Crippen LogP contribution >= 0.6 is 15.9 Å². The molecule has 0 N–H and O–H groups in total. The van der Waals surface area contributed by atoms with Crippen LogP contribution in [-0.2, 0) is 0 Å². The smallest absolute Gasteiger partial charge is 0.0508 e. The summed E-state index contributed by atoms with van der Waals surface area (Å²) in [6, 6.07) is 8.29. The molecule has 2 heteroatoms. The van der Waals surface area contributed by atoms with Gasteiger partial charge in [0.15, 0.2) is 0 Å². The fourth-order valence-electron chi connectivity index (χ4n) is 1.22. The molecule has 0 saturated carbocycles. The molecule has 1 aromatic carbocycles. The Morgan fingerprint density at radius 1 is 1.33 bits per heavy atom. The second-order valence-electron chi connectivity index (χ2n) is 2.87. The maximum absolute atomic E-state index is 3.53. The van der Waals surface area contributed by atoms with Crippen LogP contribution in [0, 0.1) is 0 Å². The minimum atomic E-state index is 1.10. The number of hydrogen-bond donors (Lipinski definition) is 0. The molecule has 66 valence electrons. The maximum atomic E-state index is 3.53. The van der Waals surface area contributed by atoms with Crippen molar-refractivity contribution in [1.29, 1.82) is 0 Å². The van der Waals surface area contributed by atoms with E-state index in [-0.39, 0.29) is 0 Å². The molecule has 0 aromatic heterocycles. The third kappa shape index (κ3) is 2.24. The van der Waals surface area contributed by atoms with Gasteiger partial charge in [0.05, 0.1) is 5.69 Å². The van der Waals surface area contributed by atoms with Crippen molar-refractivity contribution in [1.82, 2.24) is 0 Å². The van der Waals surface area contributed by atoms with E-state index in [1.165, 1.54) is 16.6 Å². The second kappa shape index (κ2) is 4.51. The predicted molar refractivity (Wildman–Crippen MR) is 57.7 cm³/mol. The van der Waals surface area contributed by atoms with Crippen LogP contribution in [0.4, 0.5) is 5.69 Å². The lowest BCUT2D eigenvalue weighted by Crippen LogP contribution is -2.17. The molecule has 0 heterocycles. The highest BCUT2D eigenvalue weighted by Gasteiger charge is 2.01. The van der Waals surface area contributed by atoms with Crippen LogP contribution in [0.3, 0.4) is 0 Å². The Bertz CT molecular complexity index is 247. The first kappa shape index (κ1) is 9.59. The van der Waals surface area contributed by atoms with Gasteiger partial charge in [0.2, 0.25) is 0 Å². The fourth-order valence-corrected chi connectivity index (χ4v) is 1.80. The molecule has 0 saturated heterocycles. The quantitative estimate of drug-likeness (QED) is 0.767. The van der Waals surface area contributed by atoms with E-state index in [0.29, 0.717) is 0 Å². The number of rotatable bonds is 3. The summed E-state index contributed by atoms with van der Waals surface area (Å²) >= 11 is 3.53. The average Bonchev–Trinajstić information content (AvgIpc) is 2.05. The van der Waals surface area contributed by atoms with Gasteiger partial charge in [0.1, 0.15) is 0 Å². The molecule has 0 fully saturated rings. The van der Waals surface area contributed by atoms with Crippen LogP contribution in [0.5, 0.6) is 0 Å². The largest absolute Gasteiger partial charge is 0.374 e. The highest BCUT2D eigenvalue weighted by molar-refractivity contribution is 9.10. The van der Waals surface area contributed by atoms with E-state index in [2.05, 4.69) is 53.0 Å². The Labute approximate surface area is 82.5 Å². The van der Waals surface area contributed by atoms with Crippen molar-refractivity contribution < 1.29 is 0 Å². The molecule has 12 heavy (non-hydrogen) atoms. The summed E-state index contributed by atoms with van der Waals surface area (Å²) in [5.41, 5.74) is 1.26. The van der Waals surface area contributed by atoms with E-state index < -0.39 is 0 Å². The zero-order valence-electron chi connectivity index (χ0n) is 7.55. The molecule has 0 bridgehead atoms. The van der Waals surface area contributed by atoms with Gasteiger partial charge >= 0.3 is 0 Å². The SMILES string of the molecule is CCCN(C)c1ccccc1Br. The standard InChI is InChI=1S/C10H14BrN/c1-3-8-12(2)10-7-5-4-6-9(10)11/h4-7H,3,8H2,1-2H3. The topological polar surface area (TPSA) is 3.24 Å². The Balaban J connectivity index is 2.79. The van der Waals surface area contributed by atoms with Gasteiger partial charge < -0.3 is 4.90 Å². The molecule has 0 amide bonds. The lowest BCUT2D eigenvalue weighted by atomic mass is 10.3. The Morgan fingerprint density at radius 3 is 2.58 bits per heavy atom. The van der Waals surface area contributed by atoms with Crippen molar-refractivity contribution in [3.05, 3.63) is 28.7 Å². The van der Waals surface area contributed by atoms with Crippen molar-refractivity contribution >= 4 is 21.6 Å². The predicted octanol–water partition coefficient (Wildman–Crippen LogP) is 3.30. The molecular weight excluding hydrogens is 214 g/mol. The molecule has 1 nitrogen and oxygen atoms in total. The van der Waals surface area contributed by atoms with E-state index in [9.17, 15) is 0 Å². The van der Waals surface area contributed by atoms with Crippen molar-refractivity contribution in [2.45, 2.75) is 13.3 Å². The van der Waals surface area contributed by atoms with Gasteiger partial charge in [0.25, 0.3) is 0 Å². The number of nitrogens with zero attached hydrogens (tertiary/aromatic N) is 1. The van der Waals surface area contributed by atoms with Gasteiger partial charge in [-0.3, -0.25) is 0 Å². The molecule has 0 aliphatic rings. The number of hydrogen-bond acceptors (Lipinski definition) is 1. The van der Waals surface area contributed by atoms with Crippen molar-refractivity contribution in [3.63, 3.8) is 0 Å². The third-order valence-electron chi connectivity index (χ3n) is 1.82. The molecule has 0 atom stereocenters. The van der Waals surface area contributed by atoms with Crippen LogP contribution < -0.4 is 4.90 Å². The molecule has 0 unspecified atom stereocenters. The van der Waals surface area contributed by atoms with Gasteiger partial charge in [-0.05, 0) is 34.5 Å². The van der Waals surface area contributed by atoms with Crippen molar-refractivity contribution in [3.8, 4) is 0 Å².